The third kappa shape index (κ3) is 1.89. The molecule has 0 spiro atoms. The molecule has 2 atom stereocenters. The highest BCUT2D eigenvalue weighted by atomic mass is 16.3. The number of piperidine rings is 1. The van der Waals surface area contributed by atoms with E-state index >= 15 is 0 Å². The van der Waals surface area contributed by atoms with E-state index in [4.69, 9.17) is 0 Å². The van der Waals surface area contributed by atoms with Crippen molar-refractivity contribution in [3.8, 4) is 0 Å². The summed E-state index contributed by atoms with van der Waals surface area (Å²) in [7, 11) is 0. The predicted octanol–water partition coefficient (Wildman–Crippen LogP) is 1.61. The highest BCUT2D eigenvalue weighted by Crippen LogP contribution is 2.35. The van der Waals surface area contributed by atoms with Crippen LogP contribution in [0.5, 0.6) is 0 Å². The van der Waals surface area contributed by atoms with E-state index in [1.54, 1.807) is 0 Å². The van der Waals surface area contributed by atoms with Gasteiger partial charge in [-0.3, -0.25) is 4.90 Å². The van der Waals surface area contributed by atoms with Gasteiger partial charge in [0.1, 0.15) is 0 Å². The van der Waals surface area contributed by atoms with E-state index in [0.29, 0.717) is 11.8 Å². The molecule has 0 aromatic carbocycles. The number of aromatic nitrogens is 1. The fraction of sp³-hybridized carbons (Fsp3) is 0.692. The van der Waals surface area contributed by atoms with Crippen LogP contribution in [0.15, 0.2) is 18.5 Å². The minimum absolute atomic E-state index is 0.0313. The zero-order chi connectivity index (χ0) is 11.0. The Morgan fingerprint density at radius 2 is 2.06 bits per heavy atom. The number of rotatable bonds is 2. The van der Waals surface area contributed by atoms with E-state index < -0.39 is 0 Å². The van der Waals surface area contributed by atoms with Gasteiger partial charge in [-0.25, -0.2) is 0 Å². The second-order valence-corrected chi connectivity index (χ2v) is 5.35. The Bertz CT molecular complexity index is 322. The number of hydrogen-bond donors (Lipinski definition) is 2. The van der Waals surface area contributed by atoms with Crippen LogP contribution < -0.4 is 0 Å². The molecule has 88 valence electrons. The van der Waals surface area contributed by atoms with E-state index in [2.05, 4.69) is 22.1 Å². The highest BCUT2D eigenvalue weighted by molar-refractivity contribution is 5.08. The highest BCUT2D eigenvalue weighted by Gasteiger charge is 2.37. The summed E-state index contributed by atoms with van der Waals surface area (Å²) in [6.45, 7) is 3.18. The quantitative estimate of drug-likeness (QED) is 0.795. The molecule has 1 saturated heterocycles. The molecular weight excluding hydrogens is 200 g/mol. The third-order valence-electron chi connectivity index (χ3n) is 4.17. The molecule has 2 bridgehead atoms. The van der Waals surface area contributed by atoms with Crippen molar-refractivity contribution in [3.63, 3.8) is 0 Å². The van der Waals surface area contributed by atoms with E-state index in [-0.39, 0.29) is 6.10 Å². The van der Waals surface area contributed by atoms with Crippen LogP contribution in [0.1, 0.15) is 24.8 Å². The molecule has 1 aliphatic heterocycles. The number of H-pyrrole nitrogens is 1. The third-order valence-corrected chi connectivity index (χ3v) is 4.17. The number of aliphatic hydroxyl groups is 1. The minimum atomic E-state index is -0.0313. The molecule has 2 N–H and O–H groups in total. The summed E-state index contributed by atoms with van der Waals surface area (Å²) in [6.07, 6.45) is 7.75. The van der Waals surface area contributed by atoms with Crippen LogP contribution >= 0.6 is 0 Å². The van der Waals surface area contributed by atoms with Gasteiger partial charge in [-0.1, -0.05) is 6.42 Å². The molecule has 16 heavy (non-hydrogen) atoms. The fourth-order valence-electron chi connectivity index (χ4n) is 3.35. The Balaban J connectivity index is 1.66. The molecule has 1 aliphatic carbocycles. The molecule has 2 fully saturated rings. The van der Waals surface area contributed by atoms with Crippen molar-refractivity contribution >= 4 is 0 Å². The zero-order valence-corrected chi connectivity index (χ0v) is 9.60. The molecule has 1 saturated carbocycles. The van der Waals surface area contributed by atoms with Crippen molar-refractivity contribution in [2.45, 2.75) is 31.9 Å². The molecule has 0 amide bonds. The Labute approximate surface area is 96.5 Å². The molecule has 2 heterocycles. The van der Waals surface area contributed by atoms with Gasteiger partial charge in [-0.2, -0.15) is 0 Å². The predicted molar refractivity (Wildman–Crippen MR) is 62.9 cm³/mol. The first-order valence-electron chi connectivity index (χ1n) is 6.35. The summed E-state index contributed by atoms with van der Waals surface area (Å²) in [5, 5.41) is 10.1. The van der Waals surface area contributed by atoms with E-state index in [0.717, 1.165) is 19.6 Å². The Kier molecular flexibility index (Phi) is 2.74. The van der Waals surface area contributed by atoms with Gasteiger partial charge in [0.25, 0.3) is 0 Å². The van der Waals surface area contributed by atoms with Gasteiger partial charge in [0, 0.05) is 32.0 Å². The monoisotopic (exact) mass is 220 g/mol. The smallest absolute Gasteiger partial charge is 0.0620 e. The van der Waals surface area contributed by atoms with Gasteiger partial charge in [-0.05, 0) is 36.3 Å². The van der Waals surface area contributed by atoms with Crippen molar-refractivity contribution in [2.75, 3.05) is 13.1 Å². The second kappa shape index (κ2) is 4.22. The van der Waals surface area contributed by atoms with E-state index in [9.17, 15) is 5.11 Å². The van der Waals surface area contributed by atoms with Crippen LogP contribution in [0, 0.1) is 11.8 Å². The summed E-state index contributed by atoms with van der Waals surface area (Å²) in [5.41, 5.74) is 1.36. The molecule has 1 aromatic heterocycles. The number of aliphatic hydroxyl groups excluding tert-OH is 1. The lowest BCUT2D eigenvalue weighted by Gasteiger charge is -2.45. The second-order valence-electron chi connectivity index (χ2n) is 5.35. The number of hydrogen-bond acceptors (Lipinski definition) is 2. The van der Waals surface area contributed by atoms with Crippen LogP contribution in [0.4, 0.5) is 0 Å². The summed E-state index contributed by atoms with van der Waals surface area (Å²) in [6, 6.07) is 2.14. The molecular formula is C13H20N2O. The van der Waals surface area contributed by atoms with Crippen molar-refractivity contribution in [1.82, 2.24) is 9.88 Å². The average molecular weight is 220 g/mol. The SMILES string of the molecule is OC1C2CCCC1CN(Cc1cc[nH]c1)C2. The van der Waals surface area contributed by atoms with Gasteiger partial charge in [0.05, 0.1) is 6.10 Å². The van der Waals surface area contributed by atoms with Crippen molar-refractivity contribution < 1.29 is 5.11 Å². The topological polar surface area (TPSA) is 39.3 Å². The van der Waals surface area contributed by atoms with Gasteiger partial charge >= 0.3 is 0 Å². The Hall–Kier alpha value is -0.800. The van der Waals surface area contributed by atoms with Crippen molar-refractivity contribution in [1.29, 1.82) is 0 Å². The molecule has 0 radical (unpaired) electrons. The number of likely N-dealkylation sites (tertiary alicyclic amines) is 1. The van der Waals surface area contributed by atoms with Crippen LogP contribution in [-0.4, -0.2) is 34.2 Å². The maximum absolute atomic E-state index is 10.1. The normalized spacial score (nSPS) is 35.2. The largest absolute Gasteiger partial charge is 0.392 e. The summed E-state index contributed by atoms with van der Waals surface area (Å²) in [5.74, 6) is 1.04. The average Bonchev–Trinajstić information content (AvgIpc) is 2.72. The number of nitrogens with one attached hydrogen (secondary N) is 1. The molecule has 1 aromatic rings. The van der Waals surface area contributed by atoms with E-state index in [1.807, 2.05) is 6.20 Å². The van der Waals surface area contributed by atoms with Gasteiger partial charge in [0.2, 0.25) is 0 Å². The molecule has 3 nitrogen and oxygen atoms in total. The summed E-state index contributed by atoms with van der Waals surface area (Å²) in [4.78, 5) is 5.61. The standard InChI is InChI=1S/C13H20N2O/c16-13-11-2-1-3-12(13)9-15(8-11)7-10-4-5-14-6-10/h4-6,11-14,16H,1-3,7-9H2. The molecule has 2 unspecified atom stereocenters. The molecule has 2 aliphatic rings. The summed E-state index contributed by atoms with van der Waals surface area (Å²) >= 11 is 0. The van der Waals surface area contributed by atoms with Crippen LogP contribution in [-0.2, 0) is 6.54 Å². The molecule has 3 heteroatoms. The maximum Gasteiger partial charge on any atom is 0.0620 e. The fourth-order valence-corrected chi connectivity index (χ4v) is 3.35. The minimum Gasteiger partial charge on any atom is -0.392 e. The number of fused-ring (bicyclic) bond motifs is 2. The Morgan fingerprint density at radius 3 is 2.69 bits per heavy atom. The van der Waals surface area contributed by atoms with Gasteiger partial charge < -0.3 is 10.1 Å². The lowest BCUT2D eigenvalue weighted by atomic mass is 9.75. The first kappa shape index (κ1) is 10.4. The van der Waals surface area contributed by atoms with Crippen molar-refractivity contribution in [2.24, 2.45) is 11.8 Å². The first-order valence-corrected chi connectivity index (χ1v) is 6.35. The van der Waals surface area contributed by atoms with Crippen LogP contribution in [0.2, 0.25) is 0 Å². The van der Waals surface area contributed by atoms with Crippen molar-refractivity contribution in [3.05, 3.63) is 24.0 Å². The summed E-state index contributed by atoms with van der Waals surface area (Å²) < 4.78 is 0. The zero-order valence-electron chi connectivity index (χ0n) is 9.60. The van der Waals surface area contributed by atoms with Crippen LogP contribution in [0.25, 0.3) is 0 Å². The number of aromatic amines is 1. The first-order chi connectivity index (χ1) is 7.83. The van der Waals surface area contributed by atoms with Crippen LogP contribution in [0.3, 0.4) is 0 Å². The van der Waals surface area contributed by atoms with Gasteiger partial charge in [-0.15, -0.1) is 0 Å². The van der Waals surface area contributed by atoms with E-state index in [1.165, 1.54) is 24.8 Å². The maximum atomic E-state index is 10.1. The number of nitrogens with zero attached hydrogens (tertiary/aromatic N) is 1. The van der Waals surface area contributed by atoms with Gasteiger partial charge in [0.15, 0.2) is 0 Å². The molecule has 3 rings (SSSR count). The Morgan fingerprint density at radius 1 is 1.31 bits per heavy atom. The lowest BCUT2D eigenvalue weighted by Crippen LogP contribution is -2.50. The lowest BCUT2D eigenvalue weighted by molar-refractivity contribution is -0.0516.